The van der Waals surface area contributed by atoms with Crippen LogP contribution in [0.15, 0.2) is 0 Å². The van der Waals surface area contributed by atoms with Crippen LogP contribution in [0, 0.1) is 0 Å². The summed E-state index contributed by atoms with van der Waals surface area (Å²) in [4.78, 5) is 11.3. The van der Waals surface area contributed by atoms with Gasteiger partial charge in [0.1, 0.15) is 0 Å². The van der Waals surface area contributed by atoms with Crippen LogP contribution in [-0.2, 0) is 24.1 Å². The van der Waals surface area contributed by atoms with Gasteiger partial charge in [-0.25, -0.2) is 8.98 Å². The summed E-state index contributed by atoms with van der Waals surface area (Å²) in [7, 11) is -4.62. The number of ether oxygens (including phenoxy) is 1. The molecule has 0 aliphatic carbocycles. The van der Waals surface area contributed by atoms with Crippen LogP contribution in [0.1, 0.15) is 65.2 Å². The Morgan fingerprint density at radius 3 is 2.00 bits per heavy atom. The van der Waals surface area contributed by atoms with E-state index in [2.05, 4.69) is 11.1 Å². The summed E-state index contributed by atoms with van der Waals surface area (Å²) < 4.78 is 38.1. The van der Waals surface area contributed by atoms with Crippen molar-refractivity contribution < 1.29 is 26.7 Å². The summed E-state index contributed by atoms with van der Waals surface area (Å²) in [6, 6.07) is 0. The van der Waals surface area contributed by atoms with E-state index in [9.17, 15) is 13.2 Å². The third-order valence-electron chi connectivity index (χ3n) is 2.84. The summed E-state index contributed by atoms with van der Waals surface area (Å²) in [5, 5.41) is 0. The quantitative estimate of drug-likeness (QED) is 0.255. The Hall–Kier alpha value is 0.340. The fraction of sp³-hybridized carbons (Fsp3) is 0.923. The van der Waals surface area contributed by atoms with Gasteiger partial charge < -0.3 is 4.74 Å². The summed E-state index contributed by atoms with van der Waals surface area (Å²) >= 11 is 0. The van der Waals surface area contributed by atoms with E-state index in [0.29, 0.717) is 0 Å². The van der Waals surface area contributed by atoms with Crippen LogP contribution < -0.4 is 0 Å². The molecule has 0 rings (SSSR count). The van der Waals surface area contributed by atoms with E-state index in [-0.39, 0.29) is 36.2 Å². The molecule has 1 atom stereocenters. The molecular weight excluding hydrogens is 307 g/mol. The molecule has 1 N–H and O–H groups in total. The van der Waals surface area contributed by atoms with E-state index in [1.165, 1.54) is 39.0 Å². The summed E-state index contributed by atoms with van der Waals surface area (Å²) in [5.41, 5.74) is 0. The molecule has 0 aliphatic rings. The van der Waals surface area contributed by atoms with Crippen molar-refractivity contribution in [1.29, 1.82) is 0 Å². The normalized spacial score (nSPS) is 12.5. The second kappa shape index (κ2) is 14.0. The molecule has 0 spiro atoms. The van der Waals surface area contributed by atoms with Gasteiger partial charge in [0.25, 0.3) is 0 Å². The average molecular weight is 334 g/mol. The third-order valence-corrected chi connectivity index (χ3v) is 3.37. The zero-order valence-electron chi connectivity index (χ0n) is 12.3. The zero-order chi connectivity index (χ0) is 15.4. The molecule has 0 radical (unpaired) electrons. The number of carbonyl (C=O) groups excluding carboxylic acids is 1. The Bertz CT molecular complexity index is 358. The van der Waals surface area contributed by atoms with Crippen molar-refractivity contribution in [1.82, 2.24) is 0 Å². The van der Waals surface area contributed by atoms with E-state index < -0.39 is 22.5 Å². The van der Waals surface area contributed by atoms with Crippen molar-refractivity contribution in [3.63, 3.8) is 0 Å². The number of hydrogen-bond donors (Lipinski definition) is 1. The van der Waals surface area contributed by atoms with Crippen molar-refractivity contribution >= 4 is 45.9 Å². The van der Waals surface area contributed by atoms with Gasteiger partial charge >= 0.3 is 45.9 Å². The fourth-order valence-corrected chi connectivity index (χ4v) is 2.19. The first-order chi connectivity index (χ1) is 9.37. The van der Waals surface area contributed by atoms with Crippen molar-refractivity contribution in [2.75, 3.05) is 6.61 Å². The molecule has 1 unspecified atom stereocenters. The van der Waals surface area contributed by atoms with Gasteiger partial charge in [0.05, 0.1) is 6.61 Å². The van der Waals surface area contributed by atoms with E-state index in [0.717, 1.165) is 19.3 Å². The van der Waals surface area contributed by atoms with Crippen molar-refractivity contribution in [3.8, 4) is 0 Å². The Morgan fingerprint density at radius 1 is 1.05 bits per heavy atom. The Labute approximate surface area is 150 Å². The molecule has 0 amide bonds. The van der Waals surface area contributed by atoms with E-state index in [1.54, 1.807) is 0 Å². The van der Waals surface area contributed by atoms with Gasteiger partial charge in [-0.3, -0.25) is 4.55 Å². The number of rotatable bonds is 12. The zero-order valence-corrected chi connectivity index (χ0v) is 13.2. The Morgan fingerprint density at radius 2 is 1.52 bits per heavy atom. The summed E-state index contributed by atoms with van der Waals surface area (Å²) in [6.07, 6.45) is 7.74. The van der Waals surface area contributed by atoms with Crippen molar-refractivity contribution in [2.24, 2.45) is 0 Å². The van der Waals surface area contributed by atoms with Crippen LogP contribution in [0.2, 0.25) is 0 Å². The molecular formula is C13H27NaO6S. The van der Waals surface area contributed by atoms with Gasteiger partial charge in [0.2, 0.25) is 0 Å². The standard InChI is InChI=1S/C13H26O6S.Na.H/c1-3-4-5-6-7-8-9-10-11-18-13(14)12(2)19-20(15,16)17;;/h12H,3-11H2,1-2H3,(H,15,16,17);;. The molecule has 21 heavy (non-hydrogen) atoms. The molecule has 0 saturated heterocycles. The monoisotopic (exact) mass is 334 g/mol. The van der Waals surface area contributed by atoms with Gasteiger partial charge in [0.15, 0.2) is 6.10 Å². The molecule has 0 heterocycles. The summed E-state index contributed by atoms with van der Waals surface area (Å²) in [5.74, 6) is -0.787. The number of unbranched alkanes of at least 4 members (excludes halogenated alkanes) is 7. The molecule has 0 aliphatic heterocycles. The van der Waals surface area contributed by atoms with Crippen LogP contribution >= 0.6 is 0 Å². The topological polar surface area (TPSA) is 89.9 Å². The van der Waals surface area contributed by atoms with Crippen molar-refractivity contribution in [2.45, 2.75) is 71.3 Å². The van der Waals surface area contributed by atoms with Crippen LogP contribution in [0.3, 0.4) is 0 Å². The van der Waals surface area contributed by atoms with Gasteiger partial charge in [-0.1, -0.05) is 51.9 Å². The molecule has 0 aromatic carbocycles. The molecule has 0 fully saturated rings. The van der Waals surface area contributed by atoms with E-state index in [1.807, 2.05) is 0 Å². The molecule has 0 aromatic rings. The minimum absolute atomic E-state index is 0. The Balaban J connectivity index is 0. The third kappa shape index (κ3) is 16.5. The van der Waals surface area contributed by atoms with Gasteiger partial charge in [-0.15, -0.1) is 0 Å². The van der Waals surface area contributed by atoms with Gasteiger partial charge in [0, 0.05) is 0 Å². The first-order valence-electron chi connectivity index (χ1n) is 7.19. The van der Waals surface area contributed by atoms with Crippen molar-refractivity contribution in [3.05, 3.63) is 0 Å². The molecule has 0 saturated carbocycles. The maximum absolute atomic E-state index is 11.3. The van der Waals surface area contributed by atoms with Crippen LogP contribution in [0.25, 0.3) is 0 Å². The SMILES string of the molecule is CCCCCCCCCCOC(=O)C(C)OS(=O)(=O)O.[NaH]. The van der Waals surface area contributed by atoms with Crippen LogP contribution in [-0.4, -0.2) is 61.2 Å². The predicted octanol–water partition coefficient (Wildman–Crippen LogP) is 2.23. The average Bonchev–Trinajstić information content (AvgIpc) is 2.34. The van der Waals surface area contributed by atoms with E-state index in [4.69, 9.17) is 9.29 Å². The first-order valence-corrected chi connectivity index (χ1v) is 8.55. The Kier molecular flexibility index (Phi) is 15.7. The fourth-order valence-electron chi connectivity index (χ4n) is 1.75. The van der Waals surface area contributed by atoms with Crippen LogP contribution in [0.4, 0.5) is 0 Å². The van der Waals surface area contributed by atoms with Gasteiger partial charge in [-0.05, 0) is 13.3 Å². The maximum atomic E-state index is 11.3. The second-order valence-electron chi connectivity index (χ2n) is 4.81. The number of carbonyl (C=O) groups is 1. The van der Waals surface area contributed by atoms with Gasteiger partial charge in [-0.2, -0.15) is 8.42 Å². The number of hydrogen-bond acceptors (Lipinski definition) is 5. The summed E-state index contributed by atoms with van der Waals surface area (Å²) in [6.45, 7) is 3.64. The molecule has 8 heteroatoms. The number of esters is 1. The second-order valence-corrected chi connectivity index (χ2v) is 5.86. The first kappa shape index (κ1) is 23.6. The predicted molar refractivity (Wildman–Crippen MR) is 82.8 cm³/mol. The van der Waals surface area contributed by atoms with E-state index >= 15 is 0 Å². The molecule has 6 nitrogen and oxygen atoms in total. The molecule has 0 bridgehead atoms. The van der Waals surface area contributed by atoms with Crippen LogP contribution in [0.5, 0.6) is 0 Å². The molecule has 0 aromatic heterocycles. The minimum atomic E-state index is -4.62. The molecule has 122 valence electrons.